The van der Waals surface area contributed by atoms with Crippen LogP contribution in [0.1, 0.15) is 89.9 Å². The van der Waals surface area contributed by atoms with E-state index >= 15 is 0 Å². The smallest absolute Gasteiger partial charge is 0.0827 e. The van der Waals surface area contributed by atoms with Crippen LogP contribution in [0, 0.1) is 35.0 Å². The zero-order valence-corrected chi connectivity index (χ0v) is 14.7. The fourth-order valence-electron chi connectivity index (χ4n) is 4.78. The quantitative estimate of drug-likeness (QED) is 0.444. The lowest BCUT2D eigenvalue weighted by Gasteiger charge is -2.36. The van der Waals surface area contributed by atoms with Crippen LogP contribution in [0.5, 0.6) is 0 Å². The zero-order chi connectivity index (χ0) is 16.3. The fraction of sp³-hybridized carbons (Fsp3) is 0.857. The van der Waals surface area contributed by atoms with E-state index in [1.54, 1.807) is 6.08 Å². The second kappa shape index (κ2) is 10.8. The van der Waals surface area contributed by atoms with Gasteiger partial charge >= 0.3 is 0 Å². The second-order valence-corrected chi connectivity index (χ2v) is 7.87. The Morgan fingerprint density at radius 2 is 1.43 bits per heavy atom. The Kier molecular flexibility index (Phi) is 8.72. The number of nitriles is 1. The Bertz CT molecular complexity index is 368. The average Bonchev–Trinajstić information content (AvgIpc) is 2.61. The predicted molar refractivity (Wildman–Crippen MR) is 94.5 cm³/mol. The van der Waals surface area contributed by atoms with Crippen molar-refractivity contribution in [2.45, 2.75) is 89.9 Å². The highest BCUT2D eigenvalue weighted by atomic mass is 19.1. The standard InChI is InChI=1S/C21H34FN/c22-16-6-4-2-1-3-5-7-18-8-12-20(13-9-18)21-14-10-19(17-23)11-15-21/h6,16,18-21H,1-5,7-15H2/b16-6+/t18-,19-,20-,21-. The Morgan fingerprint density at radius 1 is 0.826 bits per heavy atom. The first-order chi connectivity index (χ1) is 11.3. The van der Waals surface area contributed by atoms with Crippen molar-refractivity contribution in [2.24, 2.45) is 23.7 Å². The van der Waals surface area contributed by atoms with Crippen molar-refractivity contribution in [3.05, 3.63) is 12.4 Å². The van der Waals surface area contributed by atoms with Crippen molar-refractivity contribution in [3.8, 4) is 6.07 Å². The van der Waals surface area contributed by atoms with Gasteiger partial charge < -0.3 is 0 Å². The molecule has 2 rings (SSSR count). The van der Waals surface area contributed by atoms with Crippen LogP contribution < -0.4 is 0 Å². The molecule has 0 saturated heterocycles. The summed E-state index contributed by atoms with van der Waals surface area (Å²) in [5.41, 5.74) is 0. The number of unbranched alkanes of at least 4 members (excludes halogenated alkanes) is 4. The average molecular weight is 320 g/mol. The van der Waals surface area contributed by atoms with Gasteiger partial charge in [0.1, 0.15) is 0 Å². The number of halogens is 1. The Hall–Kier alpha value is -0.840. The van der Waals surface area contributed by atoms with Crippen molar-refractivity contribution in [2.75, 3.05) is 0 Å². The molecule has 0 aromatic rings. The third-order valence-corrected chi connectivity index (χ3v) is 6.33. The fourth-order valence-corrected chi connectivity index (χ4v) is 4.78. The van der Waals surface area contributed by atoms with Gasteiger partial charge in [-0.2, -0.15) is 5.26 Å². The molecule has 130 valence electrons. The Balaban J connectivity index is 1.52. The predicted octanol–water partition coefficient (Wildman–Crippen LogP) is 6.95. The lowest BCUT2D eigenvalue weighted by molar-refractivity contribution is 0.152. The summed E-state index contributed by atoms with van der Waals surface area (Å²) in [6, 6.07) is 2.46. The van der Waals surface area contributed by atoms with E-state index in [0.717, 1.165) is 43.4 Å². The minimum absolute atomic E-state index is 0.350. The summed E-state index contributed by atoms with van der Waals surface area (Å²) in [5, 5.41) is 9.02. The molecular weight excluding hydrogens is 285 g/mol. The lowest BCUT2D eigenvalue weighted by atomic mass is 9.69. The molecule has 0 radical (unpaired) electrons. The van der Waals surface area contributed by atoms with E-state index < -0.39 is 0 Å². The number of hydrogen-bond acceptors (Lipinski definition) is 1. The molecule has 0 amide bonds. The van der Waals surface area contributed by atoms with Gasteiger partial charge in [-0.3, -0.25) is 0 Å². The van der Waals surface area contributed by atoms with Gasteiger partial charge in [-0.05, 0) is 69.1 Å². The highest BCUT2D eigenvalue weighted by Crippen LogP contribution is 2.42. The van der Waals surface area contributed by atoms with E-state index in [1.165, 1.54) is 64.2 Å². The molecule has 2 saturated carbocycles. The SMILES string of the molecule is N#C[C@H]1CC[C@H]([C@H]2CC[C@H](CCCCCC/C=C/F)CC2)CC1. The van der Waals surface area contributed by atoms with Gasteiger partial charge in [0.2, 0.25) is 0 Å². The summed E-state index contributed by atoms with van der Waals surface area (Å²) < 4.78 is 11.8. The van der Waals surface area contributed by atoms with Gasteiger partial charge in [0.15, 0.2) is 0 Å². The van der Waals surface area contributed by atoms with Gasteiger partial charge in [-0.15, -0.1) is 0 Å². The van der Waals surface area contributed by atoms with Crippen LogP contribution in [0.3, 0.4) is 0 Å². The lowest BCUT2D eigenvalue weighted by Crippen LogP contribution is -2.25. The molecule has 23 heavy (non-hydrogen) atoms. The van der Waals surface area contributed by atoms with Crippen molar-refractivity contribution in [3.63, 3.8) is 0 Å². The number of allylic oxidation sites excluding steroid dienone is 1. The van der Waals surface area contributed by atoms with Crippen LogP contribution in [0.15, 0.2) is 12.4 Å². The molecule has 2 aliphatic carbocycles. The molecule has 0 atom stereocenters. The van der Waals surface area contributed by atoms with Crippen LogP contribution in [-0.2, 0) is 0 Å². The summed E-state index contributed by atoms with van der Waals surface area (Å²) in [6.07, 6.45) is 20.3. The van der Waals surface area contributed by atoms with E-state index in [-0.39, 0.29) is 0 Å². The van der Waals surface area contributed by atoms with E-state index in [9.17, 15) is 4.39 Å². The molecule has 0 N–H and O–H groups in total. The largest absolute Gasteiger partial charge is 0.216 e. The van der Waals surface area contributed by atoms with Crippen molar-refractivity contribution in [1.29, 1.82) is 5.26 Å². The molecule has 2 heteroatoms. The van der Waals surface area contributed by atoms with Gasteiger partial charge in [0.05, 0.1) is 12.4 Å². The van der Waals surface area contributed by atoms with E-state index in [1.807, 2.05) is 0 Å². The minimum atomic E-state index is 0.350. The van der Waals surface area contributed by atoms with Crippen molar-refractivity contribution in [1.82, 2.24) is 0 Å². The van der Waals surface area contributed by atoms with Gasteiger partial charge in [-0.1, -0.05) is 44.6 Å². The molecule has 0 spiro atoms. The topological polar surface area (TPSA) is 23.8 Å². The third kappa shape index (κ3) is 6.66. The van der Waals surface area contributed by atoms with Crippen LogP contribution in [0.2, 0.25) is 0 Å². The normalized spacial score (nSPS) is 32.0. The molecule has 2 fully saturated rings. The first-order valence-corrected chi connectivity index (χ1v) is 9.98. The Labute approximate surface area is 142 Å². The summed E-state index contributed by atoms with van der Waals surface area (Å²) >= 11 is 0. The maximum atomic E-state index is 11.8. The summed E-state index contributed by atoms with van der Waals surface area (Å²) in [5.74, 6) is 3.19. The molecule has 0 bridgehead atoms. The first-order valence-electron chi connectivity index (χ1n) is 9.98. The van der Waals surface area contributed by atoms with Crippen molar-refractivity contribution < 1.29 is 4.39 Å². The van der Waals surface area contributed by atoms with Crippen LogP contribution in [0.4, 0.5) is 4.39 Å². The second-order valence-electron chi connectivity index (χ2n) is 7.87. The monoisotopic (exact) mass is 319 g/mol. The maximum Gasteiger partial charge on any atom is 0.0827 e. The van der Waals surface area contributed by atoms with Gasteiger partial charge in [-0.25, -0.2) is 4.39 Å². The molecule has 0 aromatic carbocycles. The van der Waals surface area contributed by atoms with E-state index in [0.29, 0.717) is 12.2 Å². The highest BCUT2D eigenvalue weighted by Gasteiger charge is 2.30. The number of hydrogen-bond donors (Lipinski definition) is 0. The molecule has 1 nitrogen and oxygen atoms in total. The van der Waals surface area contributed by atoms with E-state index in [4.69, 9.17) is 5.26 Å². The number of rotatable bonds is 8. The molecule has 2 aliphatic rings. The molecular formula is C21H34FN. The summed E-state index contributed by atoms with van der Waals surface area (Å²) in [7, 11) is 0. The molecule has 0 unspecified atom stereocenters. The zero-order valence-electron chi connectivity index (χ0n) is 14.7. The van der Waals surface area contributed by atoms with Gasteiger partial charge in [0, 0.05) is 5.92 Å². The molecule has 0 aromatic heterocycles. The maximum absolute atomic E-state index is 11.8. The van der Waals surface area contributed by atoms with Crippen LogP contribution in [0.25, 0.3) is 0 Å². The van der Waals surface area contributed by atoms with Gasteiger partial charge in [0.25, 0.3) is 0 Å². The van der Waals surface area contributed by atoms with Crippen LogP contribution in [-0.4, -0.2) is 0 Å². The minimum Gasteiger partial charge on any atom is -0.216 e. The van der Waals surface area contributed by atoms with Crippen LogP contribution >= 0.6 is 0 Å². The Morgan fingerprint density at radius 3 is 2.04 bits per heavy atom. The van der Waals surface area contributed by atoms with E-state index in [2.05, 4.69) is 6.07 Å². The number of nitrogens with zero attached hydrogens (tertiary/aromatic N) is 1. The molecule has 0 aliphatic heterocycles. The molecule has 0 heterocycles. The first kappa shape index (κ1) is 18.5. The highest BCUT2D eigenvalue weighted by molar-refractivity contribution is 4.89. The summed E-state index contributed by atoms with van der Waals surface area (Å²) in [6.45, 7) is 0. The third-order valence-electron chi connectivity index (χ3n) is 6.33. The van der Waals surface area contributed by atoms with Crippen molar-refractivity contribution >= 4 is 0 Å². The summed E-state index contributed by atoms with van der Waals surface area (Å²) in [4.78, 5) is 0.